The molecule has 0 unspecified atom stereocenters. The number of nitrogens with one attached hydrogen (secondary N) is 2. The number of para-hydroxylation sites is 1. The molecule has 0 spiro atoms. The number of hydrogen-bond donors (Lipinski definition) is 2. The Bertz CT molecular complexity index is 1000. The van der Waals surface area contributed by atoms with Gasteiger partial charge in [0.2, 0.25) is 5.28 Å². The predicted molar refractivity (Wildman–Crippen MR) is 106 cm³/mol. The zero-order valence-electron chi connectivity index (χ0n) is 15.3. The number of nitrogens with zero attached hydrogens (tertiary/aromatic N) is 2. The summed E-state index contributed by atoms with van der Waals surface area (Å²) in [5, 5.41) is 5.84. The normalized spacial score (nSPS) is 10.7. The molecule has 0 aliphatic rings. The van der Waals surface area contributed by atoms with E-state index in [1.54, 1.807) is 48.8 Å². The molecule has 3 aromatic rings. The minimum Gasteiger partial charge on any atom is -0.434 e. The van der Waals surface area contributed by atoms with Crippen LogP contribution in [0.3, 0.4) is 0 Å². The molecule has 0 fully saturated rings. The maximum atomic E-state index is 12.6. The number of amides is 1. The smallest absolute Gasteiger partial charge is 0.387 e. The lowest BCUT2D eigenvalue weighted by atomic mass is 10.0. The van der Waals surface area contributed by atoms with Crippen molar-refractivity contribution < 1.29 is 18.3 Å². The molecule has 0 radical (unpaired) electrons. The van der Waals surface area contributed by atoms with Gasteiger partial charge in [0.1, 0.15) is 5.75 Å². The van der Waals surface area contributed by atoms with Crippen molar-refractivity contribution in [1.29, 1.82) is 0 Å². The molecule has 0 saturated carbocycles. The van der Waals surface area contributed by atoms with E-state index in [0.29, 0.717) is 22.4 Å². The van der Waals surface area contributed by atoms with Gasteiger partial charge in [-0.3, -0.25) is 4.79 Å². The van der Waals surface area contributed by atoms with Crippen LogP contribution in [0.1, 0.15) is 15.9 Å². The summed E-state index contributed by atoms with van der Waals surface area (Å²) in [6, 6.07) is 11.6. The van der Waals surface area contributed by atoms with E-state index in [4.69, 9.17) is 11.6 Å². The fraction of sp³-hybridized carbons (Fsp3) is 0.150. The molecule has 3 rings (SSSR count). The Kier molecular flexibility index (Phi) is 6.56. The Balaban J connectivity index is 1.91. The summed E-state index contributed by atoms with van der Waals surface area (Å²) in [5.41, 5.74) is 2.91. The highest BCUT2D eigenvalue weighted by molar-refractivity contribution is 6.28. The van der Waals surface area contributed by atoms with Crippen LogP contribution in [0, 0.1) is 0 Å². The second-order valence-corrected chi connectivity index (χ2v) is 6.26. The number of rotatable bonds is 7. The van der Waals surface area contributed by atoms with Gasteiger partial charge in [-0.25, -0.2) is 9.97 Å². The number of hydrogen-bond acceptors (Lipinski definition) is 5. The van der Waals surface area contributed by atoms with Crippen molar-refractivity contribution >= 4 is 23.2 Å². The number of ether oxygens (including phenoxy) is 1. The highest BCUT2D eigenvalue weighted by atomic mass is 35.5. The van der Waals surface area contributed by atoms with Crippen molar-refractivity contribution in [1.82, 2.24) is 15.3 Å². The van der Waals surface area contributed by atoms with Crippen molar-refractivity contribution in [3.8, 4) is 16.9 Å². The molecule has 29 heavy (non-hydrogen) atoms. The third-order valence-corrected chi connectivity index (χ3v) is 4.30. The molecule has 1 amide bonds. The molecular weight excluding hydrogens is 402 g/mol. The highest BCUT2D eigenvalue weighted by Gasteiger charge is 2.14. The minimum absolute atomic E-state index is 0.0683. The van der Waals surface area contributed by atoms with E-state index >= 15 is 0 Å². The van der Waals surface area contributed by atoms with Gasteiger partial charge in [-0.05, 0) is 35.4 Å². The number of carbonyl (C=O) groups is 1. The first-order chi connectivity index (χ1) is 14.0. The van der Waals surface area contributed by atoms with Crippen LogP contribution in [0.2, 0.25) is 5.28 Å². The van der Waals surface area contributed by atoms with E-state index in [9.17, 15) is 13.6 Å². The molecule has 0 bridgehead atoms. The zero-order chi connectivity index (χ0) is 20.8. The fourth-order valence-electron chi connectivity index (χ4n) is 2.72. The molecule has 0 saturated heterocycles. The maximum absolute atomic E-state index is 12.6. The van der Waals surface area contributed by atoms with Gasteiger partial charge in [0.25, 0.3) is 5.91 Å². The zero-order valence-corrected chi connectivity index (χ0v) is 16.1. The Morgan fingerprint density at radius 1 is 1.14 bits per heavy atom. The van der Waals surface area contributed by atoms with Crippen molar-refractivity contribution in [2.45, 2.75) is 13.2 Å². The number of benzene rings is 2. The van der Waals surface area contributed by atoms with Crippen molar-refractivity contribution in [3.05, 3.63) is 71.3 Å². The maximum Gasteiger partial charge on any atom is 0.387 e. The van der Waals surface area contributed by atoms with Gasteiger partial charge in [-0.1, -0.05) is 24.3 Å². The van der Waals surface area contributed by atoms with Crippen molar-refractivity contribution in [2.75, 3.05) is 12.4 Å². The van der Waals surface area contributed by atoms with E-state index in [1.165, 1.54) is 13.1 Å². The summed E-state index contributed by atoms with van der Waals surface area (Å²) < 4.78 is 29.8. The molecule has 2 aromatic carbocycles. The molecule has 0 aliphatic heterocycles. The van der Waals surface area contributed by atoms with E-state index < -0.39 is 6.61 Å². The number of carbonyl (C=O) groups excluding carboxylic acids is 1. The lowest BCUT2D eigenvalue weighted by molar-refractivity contribution is -0.0504. The number of aromatic nitrogens is 2. The van der Waals surface area contributed by atoms with E-state index in [2.05, 4.69) is 25.3 Å². The number of anilines is 1. The summed E-state index contributed by atoms with van der Waals surface area (Å²) in [5.74, 6) is -0.220. The Labute approximate surface area is 170 Å². The molecule has 0 aliphatic carbocycles. The summed E-state index contributed by atoms with van der Waals surface area (Å²) in [6.45, 7) is -2.75. The van der Waals surface area contributed by atoms with Crippen LogP contribution in [-0.4, -0.2) is 29.5 Å². The molecule has 0 atom stereocenters. The van der Waals surface area contributed by atoms with Gasteiger partial charge < -0.3 is 15.4 Å². The van der Waals surface area contributed by atoms with Crippen LogP contribution in [0.5, 0.6) is 5.75 Å². The van der Waals surface area contributed by atoms with Crippen LogP contribution in [0.15, 0.2) is 54.9 Å². The van der Waals surface area contributed by atoms with Gasteiger partial charge in [-0.15, -0.1) is 0 Å². The van der Waals surface area contributed by atoms with Crippen LogP contribution < -0.4 is 15.4 Å². The lowest BCUT2D eigenvalue weighted by Crippen LogP contribution is -2.19. The average molecular weight is 419 g/mol. The van der Waals surface area contributed by atoms with Crippen molar-refractivity contribution in [3.63, 3.8) is 0 Å². The molecule has 9 heteroatoms. The number of halogens is 3. The molecule has 1 heterocycles. The van der Waals surface area contributed by atoms with Crippen LogP contribution in [-0.2, 0) is 6.54 Å². The third kappa shape index (κ3) is 5.17. The number of alkyl halides is 2. The molecule has 2 N–H and O–H groups in total. The minimum atomic E-state index is -2.93. The Morgan fingerprint density at radius 3 is 2.55 bits per heavy atom. The first-order valence-corrected chi connectivity index (χ1v) is 8.96. The summed E-state index contributed by atoms with van der Waals surface area (Å²) in [4.78, 5) is 20.2. The monoisotopic (exact) mass is 418 g/mol. The summed E-state index contributed by atoms with van der Waals surface area (Å²) >= 11 is 5.73. The first-order valence-electron chi connectivity index (χ1n) is 8.58. The molecule has 1 aromatic heterocycles. The van der Waals surface area contributed by atoms with Gasteiger partial charge in [0.05, 0.1) is 5.56 Å². The summed E-state index contributed by atoms with van der Waals surface area (Å²) in [6.07, 6.45) is 3.14. The largest absolute Gasteiger partial charge is 0.434 e. The second kappa shape index (κ2) is 9.29. The fourth-order valence-corrected chi connectivity index (χ4v) is 2.81. The van der Waals surface area contributed by atoms with Crippen LogP contribution in [0.4, 0.5) is 14.5 Å². The van der Waals surface area contributed by atoms with Gasteiger partial charge in [0, 0.05) is 42.8 Å². The van der Waals surface area contributed by atoms with Crippen LogP contribution >= 0.6 is 11.6 Å². The van der Waals surface area contributed by atoms with Gasteiger partial charge in [0.15, 0.2) is 0 Å². The topological polar surface area (TPSA) is 76.1 Å². The quantitative estimate of drug-likeness (QED) is 0.557. The standard InChI is InChI=1S/C20H17ClF2N4O2/c1-24-18(28)15-7-6-12(14-10-26-19(21)27-11-14)8-16(15)25-9-13-4-2-3-5-17(13)29-20(22)23/h2-8,10-11,20,25H,9H2,1H3,(H,24,28). The molecule has 6 nitrogen and oxygen atoms in total. The Morgan fingerprint density at radius 2 is 1.86 bits per heavy atom. The van der Waals surface area contributed by atoms with Crippen LogP contribution in [0.25, 0.3) is 11.1 Å². The van der Waals surface area contributed by atoms with E-state index in [-0.39, 0.29) is 23.5 Å². The van der Waals surface area contributed by atoms with Crippen molar-refractivity contribution in [2.24, 2.45) is 0 Å². The molecular formula is C20H17ClF2N4O2. The second-order valence-electron chi connectivity index (χ2n) is 5.92. The average Bonchev–Trinajstić information content (AvgIpc) is 2.72. The van der Waals surface area contributed by atoms with Gasteiger partial charge >= 0.3 is 6.61 Å². The Hall–Kier alpha value is -3.26. The molecule has 150 valence electrons. The van der Waals surface area contributed by atoms with E-state index in [1.807, 2.05) is 0 Å². The summed E-state index contributed by atoms with van der Waals surface area (Å²) in [7, 11) is 1.53. The highest BCUT2D eigenvalue weighted by Crippen LogP contribution is 2.27. The third-order valence-electron chi connectivity index (χ3n) is 4.10. The first kappa shape index (κ1) is 20.5. The van der Waals surface area contributed by atoms with Gasteiger partial charge in [-0.2, -0.15) is 8.78 Å². The SMILES string of the molecule is CNC(=O)c1ccc(-c2cnc(Cl)nc2)cc1NCc1ccccc1OC(F)F. The lowest BCUT2D eigenvalue weighted by Gasteiger charge is -2.15. The predicted octanol–water partition coefficient (Wildman–Crippen LogP) is 4.37. The van der Waals surface area contributed by atoms with E-state index in [0.717, 1.165) is 5.56 Å².